The second-order valence-corrected chi connectivity index (χ2v) is 4.57. The number of nitrogens with one attached hydrogen (secondary N) is 1. The number of piperidine rings is 1. The number of hydrogen-bond acceptors (Lipinski definition) is 2. The molecular formula is C13H18ClNO. The maximum atomic E-state index is 6.08. The molecule has 88 valence electrons. The summed E-state index contributed by atoms with van der Waals surface area (Å²) in [6.45, 7) is 2.93. The number of rotatable bonds is 4. The number of ether oxygens (including phenoxy) is 1. The fourth-order valence-corrected chi connectivity index (χ4v) is 2.23. The van der Waals surface area contributed by atoms with E-state index < -0.39 is 0 Å². The lowest BCUT2D eigenvalue weighted by molar-refractivity contribution is 0.0349. The second kappa shape index (κ2) is 6.24. The SMILES string of the molecule is Clc1ccccc1CCOC1CCNCC1. The summed E-state index contributed by atoms with van der Waals surface area (Å²) in [4.78, 5) is 0. The van der Waals surface area contributed by atoms with E-state index in [0.717, 1.165) is 44.0 Å². The Hall–Kier alpha value is -0.570. The standard InChI is InChI=1S/C13H18ClNO/c14-13-4-2-1-3-11(13)7-10-16-12-5-8-15-9-6-12/h1-4,12,15H,5-10H2. The highest BCUT2D eigenvalue weighted by atomic mass is 35.5. The molecule has 0 aliphatic carbocycles. The van der Waals surface area contributed by atoms with E-state index >= 15 is 0 Å². The monoisotopic (exact) mass is 239 g/mol. The van der Waals surface area contributed by atoms with E-state index in [1.807, 2.05) is 18.2 Å². The van der Waals surface area contributed by atoms with E-state index in [1.54, 1.807) is 0 Å². The Morgan fingerprint density at radius 1 is 1.25 bits per heavy atom. The first-order valence-corrected chi connectivity index (χ1v) is 6.30. The van der Waals surface area contributed by atoms with Gasteiger partial charge in [-0.2, -0.15) is 0 Å². The number of benzene rings is 1. The van der Waals surface area contributed by atoms with Crippen LogP contribution in [0.5, 0.6) is 0 Å². The summed E-state index contributed by atoms with van der Waals surface area (Å²) >= 11 is 6.08. The number of hydrogen-bond donors (Lipinski definition) is 1. The molecule has 0 unspecified atom stereocenters. The highest BCUT2D eigenvalue weighted by Crippen LogP contribution is 2.16. The second-order valence-electron chi connectivity index (χ2n) is 4.16. The zero-order chi connectivity index (χ0) is 11.2. The molecule has 0 bridgehead atoms. The molecule has 3 heteroatoms. The zero-order valence-corrected chi connectivity index (χ0v) is 10.2. The van der Waals surface area contributed by atoms with Crippen molar-refractivity contribution in [3.63, 3.8) is 0 Å². The summed E-state index contributed by atoms with van der Waals surface area (Å²) in [6.07, 6.45) is 3.60. The first-order chi connectivity index (χ1) is 7.86. The van der Waals surface area contributed by atoms with Crippen LogP contribution in [0.3, 0.4) is 0 Å². The Balaban J connectivity index is 1.73. The van der Waals surface area contributed by atoms with Gasteiger partial charge in [0, 0.05) is 5.02 Å². The molecule has 1 saturated heterocycles. The summed E-state index contributed by atoms with van der Waals surface area (Å²) in [5.74, 6) is 0. The molecule has 1 aliphatic rings. The lowest BCUT2D eigenvalue weighted by atomic mass is 10.1. The topological polar surface area (TPSA) is 21.3 Å². The summed E-state index contributed by atoms with van der Waals surface area (Å²) in [7, 11) is 0. The van der Waals surface area contributed by atoms with Gasteiger partial charge in [-0.15, -0.1) is 0 Å². The molecule has 0 spiro atoms. The van der Waals surface area contributed by atoms with Gasteiger partial charge >= 0.3 is 0 Å². The molecular weight excluding hydrogens is 222 g/mol. The molecule has 2 nitrogen and oxygen atoms in total. The van der Waals surface area contributed by atoms with Gasteiger partial charge in [-0.3, -0.25) is 0 Å². The van der Waals surface area contributed by atoms with E-state index in [1.165, 1.54) is 5.56 Å². The smallest absolute Gasteiger partial charge is 0.0599 e. The lowest BCUT2D eigenvalue weighted by Crippen LogP contribution is -2.32. The van der Waals surface area contributed by atoms with E-state index in [2.05, 4.69) is 11.4 Å². The fraction of sp³-hybridized carbons (Fsp3) is 0.538. The van der Waals surface area contributed by atoms with Gasteiger partial charge in [-0.1, -0.05) is 29.8 Å². The van der Waals surface area contributed by atoms with Crippen molar-refractivity contribution in [1.29, 1.82) is 0 Å². The molecule has 1 aromatic carbocycles. The van der Waals surface area contributed by atoms with Crippen LogP contribution in [0, 0.1) is 0 Å². The third-order valence-corrected chi connectivity index (χ3v) is 3.34. The lowest BCUT2D eigenvalue weighted by Gasteiger charge is -2.23. The van der Waals surface area contributed by atoms with E-state index in [0.29, 0.717) is 6.10 Å². The highest BCUT2D eigenvalue weighted by molar-refractivity contribution is 6.31. The minimum absolute atomic E-state index is 0.434. The van der Waals surface area contributed by atoms with Crippen LogP contribution in [0.15, 0.2) is 24.3 Å². The predicted molar refractivity (Wildman–Crippen MR) is 67.0 cm³/mol. The fourth-order valence-electron chi connectivity index (χ4n) is 2.00. The molecule has 16 heavy (non-hydrogen) atoms. The van der Waals surface area contributed by atoms with Crippen molar-refractivity contribution in [2.75, 3.05) is 19.7 Å². The Labute approximate surface area is 102 Å². The number of halogens is 1. The van der Waals surface area contributed by atoms with Crippen LogP contribution in [-0.4, -0.2) is 25.8 Å². The molecule has 1 fully saturated rings. The summed E-state index contributed by atoms with van der Waals surface area (Å²) in [5, 5.41) is 4.17. The van der Waals surface area contributed by atoms with Gasteiger partial charge in [0.2, 0.25) is 0 Å². The molecule has 0 radical (unpaired) electrons. The van der Waals surface area contributed by atoms with Crippen LogP contribution >= 0.6 is 11.6 Å². The molecule has 0 saturated carbocycles. The molecule has 1 N–H and O–H groups in total. The van der Waals surface area contributed by atoms with Crippen LogP contribution in [-0.2, 0) is 11.2 Å². The Kier molecular flexibility index (Phi) is 4.64. The van der Waals surface area contributed by atoms with Crippen molar-refractivity contribution in [1.82, 2.24) is 5.32 Å². The van der Waals surface area contributed by atoms with Gasteiger partial charge in [-0.05, 0) is 44.0 Å². The van der Waals surface area contributed by atoms with Gasteiger partial charge in [0.15, 0.2) is 0 Å². The molecule has 0 aromatic heterocycles. The van der Waals surface area contributed by atoms with Crippen molar-refractivity contribution in [3.05, 3.63) is 34.9 Å². The quantitative estimate of drug-likeness (QED) is 0.872. The van der Waals surface area contributed by atoms with E-state index in [9.17, 15) is 0 Å². The van der Waals surface area contributed by atoms with Crippen molar-refractivity contribution < 1.29 is 4.74 Å². The average molecular weight is 240 g/mol. The van der Waals surface area contributed by atoms with Crippen molar-refractivity contribution in [3.8, 4) is 0 Å². The minimum Gasteiger partial charge on any atom is -0.378 e. The van der Waals surface area contributed by atoms with Gasteiger partial charge in [0.05, 0.1) is 12.7 Å². The highest BCUT2D eigenvalue weighted by Gasteiger charge is 2.12. The normalized spacial score (nSPS) is 17.6. The van der Waals surface area contributed by atoms with Crippen LogP contribution < -0.4 is 5.32 Å². The van der Waals surface area contributed by atoms with Gasteiger partial charge < -0.3 is 10.1 Å². The van der Waals surface area contributed by atoms with Gasteiger partial charge in [-0.25, -0.2) is 0 Å². The van der Waals surface area contributed by atoms with E-state index in [-0.39, 0.29) is 0 Å². The predicted octanol–water partition coefficient (Wildman–Crippen LogP) is 2.65. The Bertz CT molecular complexity index is 323. The largest absolute Gasteiger partial charge is 0.378 e. The third kappa shape index (κ3) is 3.48. The van der Waals surface area contributed by atoms with Gasteiger partial charge in [0.25, 0.3) is 0 Å². The van der Waals surface area contributed by atoms with Crippen LogP contribution in [0.4, 0.5) is 0 Å². The van der Waals surface area contributed by atoms with Crippen LogP contribution in [0.1, 0.15) is 18.4 Å². The first kappa shape index (κ1) is 11.9. The molecule has 1 aliphatic heterocycles. The maximum Gasteiger partial charge on any atom is 0.0599 e. The molecule has 1 aromatic rings. The molecule has 0 atom stereocenters. The third-order valence-electron chi connectivity index (χ3n) is 2.97. The summed E-state index contributed by atoms with van der Waals surface area (Å²) in [5.41, 5.74) is 1.18. The molecule has 2 rings (SSSR count). The zero-order valence-electron chi connectivity index (χ0n) is 9.42. The summed E-state index contributed by atoms with van der Waals surface area (Å²) < 4.78 is 5.84. The maximum absolute atomic E-state index is 6.08. The summed E-state index contributed by atoms with van der Waals surface area (Å²) in [6, 6.07) is 7.97. The Morgan fingerprint density at radius 2 is 2.00 bits per heavy atom. The Morgan fingerprint density at radius 3 is 2.75 bits per heavy atom. The molecule has 0 amide bonds. The van der Waals surface area contributed by atoms with Crippen molar-refractivity contribution in [2.45, 2.75) is 25.4 Å². The first-order valence-electron chi connectivity index (χ1n) is 5.92. The van der Waals surface area contributed by atoms with E-state index in [4.69, 9.17) is 16.3 Å². The van der Waals surface area contributed by atoms with Crippen LogP contribution in [0.25, 0.3) is 0 Å². The van der Waals surface area contributed by atoms with Gasteiger partial charge in [0.1, 0.15) is 0 Å². The molecule has 1 heterocycles. The minimum atomic E-state index is 0.434. The van der Waals surface area contributed by atoms with Crippen molar-refractivity contribution in [2.24, 2.45) is 0 Å². The van der Waals surface area contributed by atoms with Crippen molar-refractivity contribution >= 4 is 11.6 Å². The van der Waals surface area contributed by atoms with Crippen LogP contribution in [0.2, 0.25) is 5.02 Å². The average Bonchev–Trinajstić information content (AvgIpc) is 2.33.